The summed E-state index contributed by atoms with van der Waals surface area (Å²) in [6, 6.07) is 11.9. The van der Waals surface area contributed by atoms with Crippen molar-refractivity contribution in [2.75, 3.05) is 24.3 Å². The summed E-state index contributed by atoms with van der Waals surface area (Å²) >= 11 is 0. The zero-order valence-corrected chi connectivity index (χ0v) is 11.8. The molecule has 5 heteroatoms. The SMILES string of the molecule is CNc1cc(NC(C)CCO)nc(-c2ccccc2)n1. The van der Waals surface area contributed by atoms with Gasteiger partial charge in [-0.2, -0.15) is 0 Å². The number of nitrogens with one attached hydrogen (secondary N) is 2. The van der Waals surface area contributed by atoms with Crippen molar-refractivity contribution in [2.45, 2.75) is 19.4 Å². The molecule has 1 aromatic heterocycles. The predicted octanol–water partition coefficient (Wildman–Crippen LogP) is 2.37. The van der Waals surface area contributed by atoms with Crippen LogP contribution in [0.5, 0.6) is 0 Å². The van der Waals surface area contributed by atoms with E-state index in [2.05, 4.69) is 20.6 Å². The molecule has 0 spiro atoms. The van der Waals surface area contributed by atoms with E-state index in [1.54, 1.807) is 0 Å². The van der Waals surface area contributed by atoms with Crippen molar-refractivity contribution in [3.63, 3.8) is 0 Å². The molecule has 0 amide bonds. The molecule has 1 unspecified atom stereocenters. The molecule has 2 rings (SSSR count). The van der Waals surface area contributed by atoms with E-state index in [0.29, 0.717) is 12.2 Å². The van der Waals surface area contributed by atoms with E-state index in [9.17, 15) is 0 Å². The first-order chi connectivity index (χ1) is 9.72. The zero-order valence-electron chi connectivity index (χ0n) is 11.8. The van der Waals surface area contributed by atoms with Crippen LogP contribution < -0.4 is 10.6 Å². The van der Waals surface area contributed by atoms with Gasteiger partial charge in [-0.3, -0.25) is 0 Å². The number of aliphatic hydroxyl groups excluding tert-OH is 1. The summed E-state index contributed by atoms with van der Waals surface area (Å²) in [5, 5.41) is 15.3. The fourth-order valence-corrected chi connectivity index (χ4v) is 1.88. The molecule has 0 aliphatic heterocycles. The van der Waals surface area contributed by atoms with Crippen molar-refractivity contribution >= 4 is 11.6 Å². The van der Waals surface area contributed by atoms with Crippen molar-refractivity contribution in [1.82, 2.24) is 9.97 Å². The van der Waals surface area contributed by atoms with Crippen LogP contribution in [0.25, 0.3) is 11.4 Å². The van der Waals surface area contributed by atoms with Gasteiger partial charge in [0.1, 0.15) is 11.6 Å². The van der Waals surface area contributed by atoms with Gasteiger partial charge in [0.15, 0.2) is 5.82 Å². The molecule has 1 heterocycles. The second-order valence-electron chi connectivity index (χ2n) is 4.64. The molecule has 5 nitrogen and oxygen atoms in total. The average molecular weight is 272 g/mol. The summed E-state index contributed by atoms with van der Waals surface area (Å²) in [5.41, 5.74) is 0.975. The second-order valence-corrected chi connectivity index (χ2v) is 4.64. The molecular weight excluding hydrogens is 252 g/mol. The summed E-state index contributed by atoms with van der Waals surface area (Å²) < 4.78 is 0. The van der Waals surface area contributed by atoms with Gasteiger partial charge in [0.25, 0.3) is 0 Å². The molecule has 106 valence electrons. The minimum atomic E-state index is 0.156. The third kappa shape index (κ3) is 3.68. The topological polar surface area (TPSA) is 70.1 Å². The fraction of sp³-hybridized carbons (Fsp3) is 0.333. The summed E-state index contributed by atoms with van der Waals surface area (Å²) in [6.07, 6.45) is 0.680. The van der Waals surface area contributed by atoms with Gasteiger partial charge in [-0.25, -0.2) is 9.97 Å². The van der Waals surface area contributed by atoms with Crippen molar-refractivity contribution in [3.05, 3.63) is 36.4 Å². The third-order valence-corrected chi connectivity index (χ3v) is 2.97. The molecule has 0 aliphatic rings. The van der Waals surface area contributed by atoms with Crippen LogP contribution in [0.4, 0.5) is 11.6 Å². The number of aliphatic hydroxyl groups is 1. The minimum absolute atomic E-state index is 0.156. The van der Waals surface area contributed by atoms with Crippen molar-refractivity contribution in [1.29, 1.82) is 0 Å². The van der Waals surface area contributed by atoms with Crippen LogP contribution in [-0.4, -0.2) is 34.8 Å². The van der Waals surface area contributed by atoms with Crippen LogP contribution in [0.15, 0.2) is 36.4 Å². The van der Waals surface area contributed by atoms with Crippen LogP contribution >= 0.6 is 0 Å². The molecule has 0 bridgehead atoms. The van der Waals surface area contributed by atoms with E-state index in [0.717, 1.165) is 17.2 Å². The fourth-order valence-electron chi connectivity index (χ4n) is 1.88. The molecule has 0 radical (unpaired) electrons. The van der Waals surface area contributed by atoms with Crippen LogP contribution in [0.3, 0.4) is 0 Å². The van der Waals surface area contributed by atoms with E-state index in [1.807, 2.05) is 50.4 Å². The first-order valence-electron chi connectivity index (χ1n) is 6.72. The van der Waals surface area contributed by atoms with E-state index in [4.69, 9.17) is 5.11 Å². The Kier molecular flexibility index (Phi) is 4.90. The lowest BCUT2D eigenvalue weighted by Gasteiger charge is -2.15. The number of hydrogen-bond acceptors (Lipinski definition) is 5. The second kappa shape index (κ2) is 6.86. The molecule has 0 aliphatic carbocycles. The lowest BCUT2D eigenvalue weighted by atomic mass is 10.2. The summed E-state index contributed by atoms with van der Waals surface area (Å²) in [6.45, 7) is 2.17. The Hall–Kier alpha value is -2.14. The van der Waals surface area contributed by atoms with Gasteiger partial charge in [-0.1, -0.05) is 30.3 Å². The van der Waals surface area contributed by atoms with Crippen molar-refractivity contribution in [2.24, 2.45) is 0 Å². The first kappa shape index (κ1) is 14.3. The van der Waals surface area contributed by atoms with E-state index < -0.39 is 0 Å². The molecule has 0 saturated heterocycles. The lowest BCUT2D eigenvalue weighted by molar-refractivity contribution is 0.282. The van der Waals surface area contributed by atoms with E-state index in [-0.39, 0.29) is 12.6 Å². The molecule has 2 aromatic rings. The number of rotatable bonds is 6. The van der Waals surface area contributed by atoms with E-state index in [1.165, 1.54) is 0 Å². The Morgan fingerprint density at radius 2 is 1.85 bits per heavy atom. The largest absolute Gasteiger partial charge is 0.396 e. The quantitative estimate of drug-likeness (QED) is 0.753. The summed E-state index contributed by atoms with van der Waals surface area (Å²) in [7, 11) is 1.83. The monoisotopic (exact) mass is 272 g/mol. The average Bonchev–Trinajstić information content (AvgIpc) is 2.48. The van der Waals surface area contributed by atoms with Crippen LogP contribution in [-0.2, 0) is 0 Å². The molecule has 0 fully saturated rings. The van der Waals surface area contributed by atoms with Crippen molar-refractivity contribution < 1.29 is 5.11 Å². The van der Waals surface area contributed by atoms with Gasteiger partial charge >= 0.3 is 0 Å². The number of benzene rings is 1. The van der Waals surface area contributed by atoms with Crippen LogP contribution in [0, 0.1) is 0 Å². The van der Waals surface area contributed by atoms with Gasteiger partial charge in [-0.15, -0.1) is 0 Å². The van der Waals surface area contributed by atoms with Gasteiger partial charge in [0, 0.05) is 31.3 Å². The van der Waals surface area contributed by atoms with Gasteiger partial charge in [0.2, 0.25) is 0 Å². The molecule has 0 saturated carbocycles. The highest BCUT2D eigenvalue weighted by Gasteiger charge is 2.08. The van der Waals surface area contributed by atoms with Gasteiger partial charge in [-0.05, 0) is 13.3 Å². The maximum absolute atomic E-state index is 8.96. The van der Waals surface area contributed by atoms with Gasteiger partial charge in [0.05, 0.1) is 0 Å². The third-order valence-electron chi connectivity index (χ3n) is 2.97. The molecule has 3 N–H and O–H groups in total. The Morgan fingerprint density at radius 3 is 2.50 bits per heavy atom. The highest BCUT2D eigenvalue weighted by Crippen LogP contribution is 2.20. The lowest BCUT2D eigenvalue weighted by Crippen LogP contribution is -2.18. The maximum atomic E-state index is 8.96. The number of hydrogen-bond donors (Lipinski definition) is 3. The molecule has 1 atom stereocenters. The summed E-state index contributed by atoms with van der Waals surface area (Å²) in [5.74, 6) is 2.19. The standard InChI is InChI=1S/C15H20N4O/c1-11(8-9-20)17-14-10-13(16-2)18-15(19-14)12-6-4-3-5-7-12/h3-7,10-11,20H,8-9H2,1-2H3,(H2,16,17,18,19). The Bertz CT molecular complexity index is 545. The number of anilines is 2. The van der Waals surface area contributed by atoms with Crippen LogP contribution in [0.2, 0.25) is 0 Å². The number of aromatic nitrogens is 2. The Labute approximate surface area is 119 Å². The Morgan fingerprint density at radius 1 is 1.15 bits per heavy atom. The first-order valence-corrected chi connectivity index (χ1v) is 6.72. The number of nitrogens with zero attached hydrogens (tertiary/aromatic N) is 2. The Balaban J connectivity index is 2.29. The summed E-state index contributed by atoms with van der Waals surface area (Å²) in [4.78, 5) is 8.99. The highest BCUT2D eigenvalue weighted by molar-refractivity contribution is 5.61. The van der Waals surface area contributed by atoms with Crippen LogP contribution in [0.1, 0.15) is 13.3 Å². The molecule has 20 heavy (non-hydrogen) atoms. The van der Waals surface area contributed by atoms with Gasteiger partial charge < -0.3 is 15.7 Å². The van der Waals surface area contributed by atoms with Crippen molar-refractivity contribution in [3.8, 4) is 11.4 Å². The minimum Gasteiger partial charge on any atom is -0.396 e. The van der Waals surface area contributed by atoms with E-state index >= 15 is 0 Å². The molecule has 1 aromatic carbocycles. The zero-order chi connectivity index (χ0) is 14.4. The molecular formula is C15H20N4O. The predicted molar refractivity (Wildman–Crippen MR) is 81.8 cm³/mol. The smallest absolute Gasteiger partial charge is 0.163 e. The maximum Gasteiger partial charge on any atom is 0.163 e. The highest BCUT2D eigenvalue weighted by atomic mass is 16.3. The normalized spacial score (nSPS) is 11.9.